The summed E-state index contributed by atoms with van der Waals surface area (Å²) in [5.41, 5.74) is 8.47. The van der Waals surface area contributed by atoms with Crippen LogP contribution in [-0.4, -0.2) is 9.55 Å². The van der Waals surface area contributed by atoms with Gasteiger partial charge in [-0.25, -0.2) is 4.98 Å². The Labute approximate surface area is 115 Å². The van der Waals surface area contributed by atoms with Crippen LogP contribution in [0.25, 0.3) is 0 Å². The number of nitrogens with two attached hydrogens (primary N) is 1. The third-order valence-corrected chi connectivity index (χ3v) is 4.22. The summed E-state index contributed by atoms with van der Waals surface area (Å²) in [6.45, 7) is 0. The largest absolute Gasteiger partial charge is 0.319 e. The highest BCUT2D eigenvalue weighted by atomic mass is 79.9. The van der Waals surface area contributed by atoms with Gasteiger partial charge in [0.2, 0.25) is 0 Å². The molecule has 1 aromatic heterocycles. The smallest absolute Gasteiger partial charge is 0.110 e. The maximum atomic E-state index is 6.10. The molecule has 0 fully saturated rings. The molecule has 1 atom stereocenters. The number of aromatic nitrogens is 2. The summed E-state index contributed by atoms with van der Waals surface area (Å²) in [5.74, 6) is 1.14. The minimum absolute atomic E-state index is 0.106. The summed E-state index contributed by atoms with van der Waals surface area (Å²) in [7, 11) is 0. The van der Waals surface area contributed by atoms with Crippen LogP contribution in [0.2, 0.25) is 0 Å². The van der Waals surface area contributed by atoms with Crippen molar-refractivity contribution in [2.24, 2.45) is 5.73 Å². The van der Waals surface area contributed by atoms with Crippen LogP contribution in [0.1, 0.15) is 36.1 Å². The lowest BCUT2D eigenvalue weighted by Crippen LogP contribution is -2.24. The number of aryl methyl sites for hydroxylation is 1. The van der Waals surface area contributed by atoms with E-state index in [-0.39, 0.29) is 6.17 Å². The molecule has 4 heteroatoms. The Kier molecular flexibility index (Phi) is 3.22. The maximum absolute atomic E-state index is 6.10. The van der Waals surface area contributed by atoms with Gasteiger partial charge in [-0.05, 0) is 24.5 Å². The van der Waals surface area contributed by atoms with Crippen molar-refractivity contribution >= 4 is 15.9 Å². The Morgan fingerprint density at radius 1 is 1.39 bits per heavy atom. The van der Waals surface area contributed by atoms with Crippen LogP contribution in [-0.2, 0) is 12.8 Å². The molecule has 0 saturated heterocycles. The van der Waals surface area contributed by atoms with E-state index in [0.717, 1.165) is 41.7 Å². The van der Waals surface area contributed by atoms with Gasteiger partial charge in [-0.3, -0.25) is 0 Å². The molecular formula is C14H16BrN3. The third-order valence-electron chi connectivity index (χ3n) is 3.45. The zero-order valence-corrected chi connectivity index (χ0v) is 11.7. The number of imidazole rings is 1. The fraction of sp³-hybridized carbons (Fsp3) is 0.357. The lowest BCUT2D eigenvalue weighted by atomic mass is 10.1. The van der Waals surface area contributed by atoms with Gasteiger partial charge in [0.1, 0.15) is 5.82 Å². The monoisotopic (exact) mass is 305 g/mol. The van der Waals surface area contributed by atoms with Crippen molar-refractivity contribution in [1.29, 1.82) is 0 Å². The molecule has 94 valence electrons. The van der Waals surface area contributed by atoms with Crippen LogP contribution < -0.4 is 5.73 Å². The summed E-state index contributed by atoms with van der Waals surface area (Å²) in [6.07, 6.45) is 6.31. The highest BCUT2D eigenvalue weighted by molar-refractivity contribution is 9.10. The number of hydrogen-bond acceptors (Lipinski definition) is 2. The first-order valence-electron chi connectivity index (χ1n) is 6.29. The molecule has 1 aliphatic heterocycles. The van der Waals surface area contributed by atoms with Crippen LogP contribution in [0, 0.1) is 0 Å². The molecule has 0 radical (unpaired) electrons. The average molecular weight is 306 g/mol. The van der Waals surface area contributed by atoms with Crippen molar-refractivity contribution in [2.45, 2.75) is 31.8 Å². The molecule has 2 heterocycles. The highest BCUT2D eigenvalue weighted by Crippen LogP contribution is 2.24. The van der Waals surface area contributed by atoms with E-state index in [9.17, 15) is 0 Å². The van der Waals surface area contributed by atoms with Gasteiger partial charge in [-0.15, -0.1) is 0 Å². The first kappa shape index (κ1) is 11.9. The molecule has 3 rings (SSSR count). The minimum Gasteiger partial charge on any atom is -0.319 e. The summed E-state index contributed by atoms with van der Waals surface area (Å²) in [5, 5.41) is 0. The number of benzene rings is 1. The fourth-order valence-corrected chi connectivity index (χ4v) is 2.92. The van der Waals surface area contributed by atoms with Crippen LogP contribution in [0.4, 0.5) is 0 Å². The number of hydrogen-bond donors (Lipinski definition) is 1. The van der Waals surface area contributed by atoms with Gasteiger partial charge in [0.05, 0.1) is 11.9 Å². The maximum Gasteiger partial charge on any atom is 0.110 e. The second-order valence-corrected chi connectivity index (χ2v) is 5.64. The zero-order valence-electron chi connectivity index (χ0n) is 10.1. The Hall–Kier alpha value is -1.13. The van der Waals surface area contributed by atoms with Gasteiger partial charge in [0.25, 0.3) is 0 Å². The molecule has 2 N–H and O–H groups in total. The molecule has 2 aromatic rings. The van der Waals surface area contributed by atoms with E-state index in [1.807, 2.05) is 6.07 Å². The molecule has 1 aliphatic rings. The summed E-state index contributed by atoms with van der Waals surface area (Å²) >= 11 is 3.58. The van der Waals surface area contributed by atoms with E-state index < -0.39 is 0 Å². The van der Waals surface area contributed by atoms with Crippen molar-refractivity contribution in [1.82, 2.24) is 9.55 Å². The standard InChI is InChI=1S/C14H16BrN3/c15-12-5-2-1-4-10(12)8-11-9-18-13(16)6-3-7-14(18)17-11/h1-2,4-5,9,13H,3,6-8,16H2. The second-order valence-electron chi connectivity index (χ2n) is 4.78. The van der Waals surface area contributed by atoms with Gasteiger partial charge >= 0.3 is 0 Å². The molecular weight excluding hydrogens is 290 g/mol. The molecule has 0 saturated carbocycles. The topological polar surface area (TPSA) is 43.8 Å². The minimum atomic E-state index is 0.106. The lowest BCUT2D eigenvalue weighted by Gasteiger charge is -2.20. The fourth-order valence-electron chi connectivity index (χ4n) is 2.49. The van der Waals surface area contributed by atoms with Crippen LogP contribution in [0.15, 0.2) is 34.9 Å². The molecule has 1 aromatic carbocycles. The molecule has 0 spiro atoms. The van der Waals surface area contributed by atoms with Gasteiger partial charge in [-0.2, -0.15) is 0 Å². The van der Waals surface area contributed by atoms with Gasteiger partial charge in [0.15, 0.2) is 0 Å². The number of rotatable bonds is 2. The third kappa shape index (κ3) is 2.22. The Bertz CT molecular complexity index is 562. The van der Waals surface area contributed by atoms with Gasteiger partial charge in [-0.1, -0.05) is 34.1 Å². The van der Waals surface area contributed by atoms with Gasteiger partial charge in [0, 0.05) is 23.5 Å². The van der Waals surface area contributed by atoms with Crippen molar-refractivity contribution in [3.63, 3.8) is 0 Å². The van der Waals surface area contributed by atoms with Crippen molar-refractivity contribution < 1.29 is 0 Å². The Morgan fingerprint density at radius 3 is 3.00 bits per heavy atom. The molecule has 0 bridgehead atoms. The molecule has 0 aliphatic carbocycles. The second kappa shape index (κ2) is 4.86. The highest BCUT2D eigenvalue weighted by Gasteiger charge is 2.18. The molecule has 18 heavy (non-hydrogen) atoms. The first-order chi connectivity index (χ1) is 8.74. The normalized spacial score (nSPS) is 18.7. The summed E-state index contributed by atoms with van der Waals surface area (Å²) < 4.78 is 3.27. The predicted molar refractivity (Wildman–Crippen MR) is 75.3 cm³/mol. The summed E-state index contributed by atoms with van der Waals surface area (Å²) in [6, 6.07) is 8.28. The number of nitrogens with zero attached hydrogens (tertiary/aromatic N) is 2. The first-order valence-corrected chi connectivity index (χ1v) is 7.09. The van der Waals surface area contributed by atoms with Crippen molar-refractivity contribution in [3.05, 3.63) is 52.0 Å². The van der Waals surface area contributed by atoms with E-state index in [2.05, 4.69) is 44.9 Å². The number of fused-ring (bicyclic) bond motifs is 1. The number of halogens is 1. The Morgan fingerprint density at radius 2 is 2.22 bits per heavy atom. The molecule has 1 unspecified atom stereocenters. The average Bonchev–Trinajstić information content (AvgIpc) is 2.76. The van der Waals surface area contributed by atoms with Crippen LogP contribution in [0.5, 0.6) is 0 Å². The zero-order chi connectivity index (χ0) is 12.5. The van der Waals surface area contributed by atoms with E-state index in [0.29, 0.717) is 0 Å². The van der Waals surface area contributed by atoms with Crippen LogP contribution in [0.3, 0.4) is 0 Å². The summed E-state index contributed by atoms with van der Waals surface area (Å²) in [4.78, 5) is 4.70. The van der Waals surface area contributed by atoms with Crippen LogP contribution >= 0.6 is 15.9 Å². The van der Waals surface area contributed by atoms with E-state index >= 15 is 0 Å². The van der Waals surface area contributed by atoms with E-state index in [4.69, 9.17) is 10.7 Å². The van der Waals surface area contributed by atoms with E-state index in [1.54, 1.807) is 0 Å². The lowest BCUT2D eigenvalue weighted by molar-refractivity contribution is 0.408. The quantitative estimate of drug-likeness (QED) is 0.927. The van der Waals surface area contributed by atoms with Crippen molar-refractivity contribution in [3.8, 4) is 0 Å². The molecule has 0 amide bonds. The molecule has 3 nitrogen and oxygen atoms in total. The van der Waals surface area contributed by atoms with Crippen molar-refractivity contribution in [2.75, 3.05) is 0 Å². The predicted octanol–water partition coefficient (Wildman–Crippen LogP) is 3.03. The van der Waals surface area contributed by atoms with E-state index in [1.165, 1.54) is 5.56 Å². The van der Waals surface area contributed by atoms with Gasteiger partial charge < -0.3 is 10.3 Å². The SMILES string of the molecule is NC1CCCc2nc(Cc3ccccc3Br)cn21. The Balaban J connectivity index is 1.88.